The molecule has 0 saturated heterocycles. The lowest BCUT2D eigenvalue weighted by Gasteiger charge is -2.01. The molecule has 0 atom stereocenters. The number of hydrogen-bond acceptors (Lipinski definition) is 6. The Morgan fingerprint density at radius 1 is 1.10 bits per heavy atom. The standard InChI is InChI=1S/C20H14FN3O3S2/c1-11-8-16(23-18(25)15-6-3-7-27-15)29-17(11)19(26)24-20-22-14(10-28-20)12-4-2-5-13(21)9-12/h2-10H,1H3,(H,23,25)(H,22,24,26). The number of carbonyl (C=O) groups is 2. The van der Waals surface area contributed by atoms with E-state index in [-0.39, 0.29) is 23.4 Å². The summed E-state index contributed by atoms with van der Waals surface area (Å²) in [5, 5.41) is 8.16. The first-order chi connectivity index (χ1) is 14.0. The van der Waals surface area contributed by atoms with Gasteiger partial charge in [-0.2, -0.15) is 0 Å². The normalized spacial score (nSPS) is 10.7. The van der Waals surface area contributed by atoms with Gasteiger partial charge in [-0.1, -0.05) is 12.1 Å². The molecule has 4 rings (SSSR count). The van der Waals surface area contributed by atoms with Gasteiger partial charge in [-0.3, -0.25) is 14.9 Å². The van der Waals surface area contributed by atoms with Crippen LogP contribution in [0.3, 0.4) is 0 Å². The average Bonchev–Trinajstić information content (AvgIpc) is 3.43. The molecular weight excluding hydrogens is 413 g/mol. The highest BCUT2D eigenvalue weighted by Crippen LogP contribution is 2.30. The largest absolute Gasteiger partial charge is 0.459 e. The number of halogens is 1. The van der Waals surface area contributed by atoms with Gasteiger partial charge >= 0.3 is 0 Å². The number of aromatic nitrogens is 1. The smallest absolute Gasteiger partial charge is 0.291 e. The lowest BCUT2D eigenvalue weighted by Crippen LogP contribution is -2.11. The van der Waals surface area contributed by atoms with Crippen molar-refractivity contribution in [2.75, 3.05) is 10.6 Å². The summed E-state index contributed by atoms with van der Waals surface area (Å²) >= 11 is 2.41. The van der Waals surface area contributed by atoms with Crippen LogP contribution in [0, 0.1) is 12.7 Å². The van der Waals surface area contributed by atoms with Crippen LogP contribution in [0.4, 0.5) is 14.5 Å². The van der Waals surface area contributed by atoms with Crippen molar-refractivity contribution in [1.29, 1.82) is 0 Å². The van der Waals surface area contributed by atoms with Crippen molar-refractivity contribution in [3.63, 3.8) is 0 Å². The molecule has 0 aliphatic heterocycles. The summed E-state index contributed by atoms with van der Waals surface area (Å²) in [4.78, 5) is 29.5. The van der Waals surface area contributed by atoms with Gasteiger partial charge in [-0.05, 0) is 42.8 Å². The first-order valence-electron chi connectivity index (χ1n) is 8.48. The fourth-order valence-electron chi connectivity index (χ4n) is 2.62. The summed E-state index contributed by atoms with van der Waals surface area (Å²) in [6.07, 6.45) is 1.42. The van der Waals surface area contributed by atoms with E-state index in [0.29, 0.717) is 26.3 Å². The molecule has 0 radical (unpaired) electrons. The van der Waals surface area contributed by atoms with E-state index in [9.17, 15) is 14.0 Å². The third-order valence-corrected chi connectivity index (χ3v) is 5.86. The van der Waals surface area contributed by atoms with E-state index in [0.717, 1.165) is 16.9 Å². The molecule has 0 bridgehead atoms. The molecule has 1 aromatic carbocycles. The highest BCUT2D eigenvalue weighted by Gasteiger charge is 2.18. The maximum atomic E-state index is 13.4. The van der Waals surface area contributed by atoms with E-state index < -0.39 is 0 Å². The number of furan rings is 1. The van der Waals surface area contributed by atoms with Gasteiger partial charge in [0.25, 0.3) is 11.8 Å². The Morgan fingerprint density at radius 3 is 2.72 bits per heavy atom. The topological polar surface area (TPSA) is 84.2 Å². The Kier molecular flexibility index (Phi) is 5.24. The van der Waals surface area contributed by atoms with Gasteiger partial charge in [0.1, 0.15) is 5.82 Å². The maximum Gasteiger partial charge on any atom is 0.291 e. The van der Waals surface area contributed by atoms with E-state index in [1.807, 2.05) is 0 Å². The zero-order chi connectivity index (χ0) is 20.4. The molecule has 0 fully saturated rings. The van der Waals surface area contributed by atoms with Gasteiger partial charge in [-0.25, -0.2) is 9.37 Å². The molecule has 3 aromatic heterocycles. The number of carbonyl (C=O) groups excluding carboxylic acids is 2. The van der Waals surface area contributed by atoms with Crippen molar-refractivity contribution in [2.24, 2.45) is 0 Å². The summed E-state index contributed by atoms with van der Waals surface area (Å²) in [6, 6.07) is 11.0. The molecule has 2 N–H and O–H groups in total. The van der Waals surface area contributed by atoms with Crippen molar-refractivity contribution in [1.82, 2.24) is 4.98 Å². The van der Waals surface area contributed by atoms with Crippen LogP contribution in [0.15, 0.2) is 58.5 Å². The van der Waals surface area contributed by atoms with Gasteiger partial charge in [-0.15, -0.1) is 22.7 Å². The molecular formula is C20H14FN3O3S2. The van der Waals surface area contributed by atoms with Gasteiger partial charge in [0, 0.05) is 10.9 Å². The quantitative estimate of drug-likeness (QED) is 0.446. The molecule has 0 aliphatic rings. The first-order valence-corrected chi connectivity index (χ1v) is 10.2. The van der Waals surface area contributed by atoms with Crippen LogP contribution in [0.25, 0.3) is 11.3 Å². The lowest BCUT2D eigenvalue weighted by molar-refractivity contribution is 0.0995. The van der Waals surface area contributed by atoms with E-state index in [1.54, 1.807) is 42.6 Å². The Morgan fingerprint density at radius 2 is 1.97 bits per heavy atom. The summed E-state index contributed by atoms with van der Waals surface area (Å²) in [7, 11) is 0. The van der Waals surface area contributed by atoms with E-state index in [4.69, 9.17) is 4.42 Å². The predicted octanol–water partition coefficient (Wildman–Crippen LogP) is 5.42. The summed E-state index contributed by atoms with van der Waals surface area (Å²) in [5.41, 5.74) is 1.94. The molecule has 146 valence electrons. The highest BCUT2D eigenvalue weighted by atomic mass is 32.1. The van der Waals surface area contributed by atoms with Crippen LogP contribution in [0.1, 0.15) is 25.8 Å². The van der Waals surface area contributed by atoms with Crippen molar-refractivity contribution >= 4 is 44.6 Å². The van der Waals surface area contributed by atoms with E-state index >= 15 is 0 Å². The van der Waals surface area contributed by atoms with Crippen LogP contribution in [0.5, 0.6) is 0 Å². The number of anilines is 2. The molecule has 9 heteroatoms. The number of benzene rings is 1. The molecule has 29 heavy (non-hydrogen) atoms. The Hall–Kier alpha value is -3.30. The molecule has 0 aliphatic carbocycles. The van der Waals surface area contributed by atoms with Gasteiger partial charge in [0.05, 0.1) is 21.8 Å². The molecule has 0 saturated carbocycles. The number of rotatable bonds is 5. The first kappa shape index (κ1) is 19.0. The summed E-state index contributed by atoms with van der Waals surface area (Å²) in [6.45, 7) is 1.79. The second-order valence-electron chi connectivity index (χ2n) is 6.06. The average molecular weight is 427 g/mol. The zero-order valence-electron chi connectivity index (χ0n) is 15.1. The van der Waals surface area contributed by atoms with Crippen molar-refractivity contribution < 1.29 is 18.4 Å². The minimum absolute atomic E-state index is 0.190. The number of thiazole rings is 1. The van der Waals surface area contributed by atoms with E-state index in [2.05, 4.69) is 15.6 Å². The van der Waals surface area contributed by atoms with Crippen molar-refractivity contribution in [3.05, 3.63) is 76.1 Å². The Labute approximate surface area is 173 Å². The number of hydrogen-bond donors (Lipinski definition) is 2. The van der Waals surface area contributed by atoms with Crippen LogP contribution in [-0.2, 0) is 0 Å². The molecule has 4 aromatic rings. The second-order valence-corrected chi connectivity index (χ2v) is 7.97. The predicted molar refractivity (Wildman–Crippen MR) is 111 cm³/mol. The molecule has 2 amide bonds. The van der Waals surface area contributed by atoms with Gasteiger partial charge in [0.2, 0.25) is 0 Å². The molecule has 0 unspecified atom stereocenters. The van der Waals surface area contributed by atoms with E-state index in [1.165, 1.54) is 29.7 Å². The van der Waals surface area contributed by atoms with Crippen molar-refractivity contribution in [3.8, 4) is 11.3 Å². The number of aryl methyl sites for hydroxylation is 1. The summed E-state index contributed by atoms with van der Waals surface area (Å²) in [5.74, 6) is -0.872. The Balaban J connectivity index is 1.46. The number of thiophene rings is 1. The lowest BCUT2D eigenvalue weighted by atomic mass is 10.2. The number of nitrogens with one attached hydrogen (secondary N) is 2. The molecule has 3 heterocycles. The minimum atomic E-state index is -0.386. The highest BCUT2D eigenvalue weighted by molar-refractivity contribution is 7.18. The van der Waals surface area contributed by atoms with Gasteiger partial charge in [0.15, 0.2) is 10.9 Å². The second kappa shape index (κ2) is 7.98. The summed E-state index contributed by atoms with van der Waals surface area (Å²) < 4.78 is 18.4. The monoisotopic (exact) mass is 427 g/mol. The van der Waals surface area contributed by atoms with Crippen LogP contribution in [-0.4, -0.2) is 16.8 Å². The molecule has 6 nitrogen and oxygen atoms in total. The fraction of sp³-hybridized carbons (Fsp3) is 0.0500. The zero-order valence-corrected chi connectivity index (χ0v) is 16.7. The van der Waals surface area contributed by atoms with Crippen LogP contribution in [0.2, 0.25) is 0 Å². The van der Waals surface area contributed by atoms with Crippen LogP contribution >= 0.6 is 22.7 Å². The fourth-order valence-corrected chi connectivity index (χ4v) is 4.29. The third-order valence-electron chi connectivity index (χ3n) is 3.95. The number of nitrogens with zero attached hydrogens (tertiary/aromatic N) is 1. The number of amides is 2. The minimum Gasteiger partial charge on any atom is -0.459 e. The third kappa shape index (κ3) is 4.25. The van der Waals surface area contributed by atoms with Gasteiger partial charge < -0.3 is 9.73 Å². The molecule has 0 spiro atoms. The maximum absolute atomic E-state index is 13.4. The Bertz CT molecular complexity index is 1180. The SMILES string of the molecule is Cc1cc(NC(=O)c2ccco2)sc1C(=O)Nc1nc(-c2cccc(F)c2)cs1. The van der Waals surface area contributed by atoms with Crippen molar-refractivity contribution in [2.45, 2.75) is 6.92 Å². The van der Waals surface area contributed by atoms with Crippen LogP contribution < -0.4 is 10.6 Å².